The molecule has 134 valence electrons. The Hall–Kier alpha value is -1.42. The summed E-state index contributed by atoms with van der Waals surface area (Å²) in [6.45, 7) is 3.30. The molecule has 2 aromatic carbocycles. The third kappa shape index (κ3) is 5.27. The van der Waals surface area contributed by atoms with Gasteiger partial charge in [-0.15, -0.1) is 0 Å². The zero-order valence-corrected chi connectivity index (χ0v) is 17.5. The second-order valence-corrected chi connectivity index (χ2v) is 8.70. The molecule has 0 fully saturated rings. The zero-order chi connectivity index (χ0) is 18.8. The summed E-state index contributed by atoms with van der Waals surface area (Å²) in [5.41, 5.74) is 1.84. The van der Waals surface area contributed by atoms with E-state index in [2.05, 4.69) is 37.2 Å². The predicted molar refractivity (Wildman–Crippen MR) is 103 cm³/mol. The number of hydrogen-bond donors (Lipinski definition) is 2. The summed E-state index contributed by atoms with van der Waals surface area (Å²) in [7, 11) is -3.86. The van der Waals surface area contributed by atoms with E-state index in [-0.39, 0.29) is 11.5 Å². The number of aryl methyl sites for hydroxylation is 1. The lowest BCUT2D eigenvalue weighted by atomic mass is 10.1. The molecule has 0 unspecified atom stereocenters. The number of rotatable bonds is 5. The lowest BCUT2D eigenvalue weighted by Gasteiger charge is -2.13. The molecule has 0 aromatic heterocycles. The van der Waals surface area contributed by atoms with Crippen molar-refractivity contribution in [2.45, 2.75) is 18.7 Å². The molecule has 0 spiro atoms. The van der Waals surface area contributed by atoms with E-state index in [1.54, 1.807) is 32.0 Å². The molecule has 0 aliphatic carbocycles. The largest absolute Gasteiger partial charge is 0.483 e. The Morgan fingerprint density at radius 1 is 1.20 bits per heavy atom. The first-order valence-electron chi connectivity index (χ1n) is 7.09. The van der Waals surface area contributed by atoms with Crippen LogP contribution in [0.2, 0.25) is 0 Å². The number of primary sulfonamides is 1. The van der Waals surface area contributed by atoms with Crippen LogP contribution >= 0.6 is 31.9 Å². The van der Waals surface area contributed by atoms with E-state index in [4.69, 9.17) is 9.88 Å². The van der Waals surface area contributed by atoms with Crippen molar-refractivity contribution in [3.63, 3.8) is 0 Å². The Kier molecular flexibility index (Phi) is 6.26. The molecule has 25 heavy (non-hydrogen) atoms. The first-order chi connectivity index (χ1) is 11.6. The van der Waals surface area contributed by atoms with Crippen molar-refractivity contribution >= 4 is 53.5 Å². The van der Waals surface area contributed by atoms with Gasteiger partial charge in [0.2, 0.25) is 10.0 Å². The number of benzene rings is 2. The van der Waals surface area contributed by atoms with Gasteiger partial charge in [0.15, 0.2) is 6.61 Å². The van der Waals surface area contributed by atoms with E-state index in [0.717, 1.165) is 10.0 Å². The predicted octanol–water partition coefficient (Wildman–Crippen LogP) is 3.49. The normalized spacial score (nSPS) is 11.2. The van der Waals surface area contributed by atoms with Gasteiger partial charge in [-0.2, -0.15) is 0 Å². The fourth-order valence-corrected chi connectivity index (χ4v) is 3.83. The highest BCUT2D eigenvalue weighted by molar-refractivity contribution is 9.11. The van der Waals surface area contributed by atoms with Crippen molar-refractivity contribution in [3.8, 4) is 5.75 Å². The molecule has 0 bridgehead atoms. The van der Waals surface area contributed by atoms with Gasteiger partial charge in [-0.25, -0.2) is 13.6 Å². The maximum atomic E-state index is 12.1. The molecular weight excluding hydrogens is 476 g/mol. The number of anilines is 1. The minimum absolute atomic E-state index is 0.0533. The molecule has 2 aromatic rings. The summed E-state index contributed by atoms with van der Waals surface area (Å²) in [6, 6.07) is 8.12. The summed E-state index contributed by atoms with van der Waals surface area (Å²) in [6.07, 6.45) is 0. The van der Waals surface area contributed by atoms with E-state index in [1.165, 1.54) is 12.1 Å². The van der Waals surface area contributed by atoms with Gasteiger partial charge in [-0.3, -0.25) is 4.79 Å². The minimum Gasteiger partial charge on any atom is -0.483 e. The van der Waals surface area contributed by atoms with E-state index < -0.39 is 15.9 Å². The number of sulfonamides is 1. The summed E-state index contributed by atoms with van der Waals surface area (Å²) in [5, 5.41) is 7.82. The molecule has 0 saturated heterocycles. The molecule has 0 aliphatic rings. The van der Waals surface area contributed by atoms with Crippen molar-refractivity contribution in [2.75, 3.05) is 11.9 Å². The van der Waals surface area contributed by atoms with Crippen LogP contribution in [0.3, 0.4) is 0 Å². The average molecular weight is 492 g/mol. The second kappa shape index (κ2) is 7.86. The summed E-state index contributed by atoms with van der Waals surface area (Å²) < 4.78 is 30.1. The summed E-state index contributed by atoms with van der Waals surface area (Å²) >= 11 is 6.68. The maximum absolute atomic E-state index is 12.1. The number of carbonyl (C=O) groups excluding carboxylic acids is 1. The number of amides is 1. The zero-order valence-electron chi connectivity index (χ0n) is 13.5. The molecule has 0 aliphatic heterocycles. The fraction of sp³-hybridized carbons (Fsp3) is 0.188. The first kappa shape index (κ1) is 19.9. The number of nitrogens with one attached hydrogen (secondary N) is 1. The highest BCUT2D eigenvalue weighted by atomic mass is 79.9. The van der Waals surface area contributed by atoms with Gasteiger partial charge >= 0.3 is 0 Å². The Balaban J connectivity index is 2.14. The standard InChI is InChI=1S/C16H16Br2N2O4S/c1-9-5-12(25(19,22)23)7-14(10(9)2)20-16(21)8-24-15-4-3-11(17)6-13(15)18/h3-7H,8H2,1-2H3,(H,20,21)(H2,19,22,23). The van der Waals surface area contributed by atoms with Gasteiger partial charge in [0.05, 0.1) is 9.37 Å². The smallest absolute Gasteiger partial charge is 0.262 e. The minimum atomic E-state index is -3.86. The topological polar surface area (TPSA) is 98.5 Å². The molecule has 0 atom stereocenters. The Bertz CT molecular complexity index is 930. The lowest BCUT2D eigenvalue weighted by Crippen LogP contribution is -2.21. The number of hydrogen-bond acceptors (Lipinski definition) is 4. The number of carbonyl (C=O) groups is 1. The molecule has 2 rings (SSSR count). The number of ether oxygens (including phenoxy) is 1. The average Bonchev–Trinajstić information content (AvgIpc) is 2.49. The van der Waals surface area contributed by atoms with E-state index in [9.17, 15) is 13.2 Å². The van der Waals surface area contributed by atoms with Crippen LogP contribution in [0.4, 0.5) is 5.69 Å². The van der Waals surface area contributed by atoms with Crippen molar-refractivity contribution in [1.29, 1.82) is 0 Å². The van der Waals surface area contributed by atoms with Crippen molar-refractivity contribution in [1.82, 2.24) is 0 Å². The van der Waals surface area contributed by atoms with E-state index in [1.807, 2.05) is 0 Å². The Labute approximate surface area is 163 Å². The van der Waals surface area contributed by atoms with Crippen LogP contribution in [0.25, 0.3) is 0 Å². The van der Waals surface area contributed by atoms with Gasteiger partial charge in [0.25, 0.3) is 5.91 Å². The molecule has 0 heterocycles. The molecular formula is C16H16Br2N2O4S. The third-order valence-electron chi connectivity index (χ3n) is 3.50. The van der Waals surface area contributed by atoms with E-state index >= 15 is 0 Å². The van der Waals surface area contributed by atoms with Crippen molar-refractivity contribution < 1.29 is 17.9 Å². The van der Waals surface area contributed by atoms with Gasteiger partial charge in [-0.1, -0.05) is 15.9 Å². The van der Waals surface area contributed by atoms with Crippen LogP contribution in [0, 0.1) is 13.8 Å². The van der Waals surface area contributed by atoms with Gasteiger partial charge in [-0.05, 0) is 71.2 Å². The fourth-order valence-electron chi connectivity index (χ4n) is 2.04. The number of halogens is 2. The lowest BCUT2D eigenvalue weighted by molar-refractivity contribution is -0.118. The monoisotopic (exact) mass is 490 g/mol. The number of nitrogens with two attached hydrogens (primary N) is 1. The van der Waals surface area contributed by atoms with Crippen LogP contribution in [0.15, 0.2) is 44.2 Å². The van der Waals surface area contributed by atoms with Crippen molar-refractivity contribution in [2.24, 2.45) is 5.14 Å². The highest BCUT2D eigenvalue weighted by Crippen LogP contribution is 2.28. The Morgan fingerprint density at radius 2 is 1.88 bits per heavy atom. The molecule has 0 saturated carbocycles. The van der Waals surface area contributed by atoms with Crippen LogP contribution in [-0.4, -0.2) is 20.9 Å². The van der Waals surface area contributed by atoms with Crippen LogP contribution in [-0.2, 0) is 14.8 Å². The van der Waals surface area contributed by atoms with Crippen LogP contribution < -0.4 is 15.2 Å². The molecule has 9 heteroatoms. The Morgan fingerprint density at radius 3 is 2.48 bits per heavy atom. The van der Waals surface area contributed by atoms with Crippen LogP contribution in [0.5, 0.6) is 5.75 Å². The molecule has 1 amide bonds. The molecule has 0 radical (unpaired) electrons. The first-order valence-corrected chi connectivity index (χ1v) is 10.2. The van der Waals surface area contributed by atoms with Gasteiger partial charge < -0.3 is 10.1 Å². The summed E-state index contributed by atoms with van der Waals surface area (Å²) in [5.74, 6) is 0.105. The molecule has 6 nitrogen and oxygen atoms in total. The summed E-state index contributed by atoms with van der Waals surface area (Å²) in [4.78, 5) is 12.1. The maximum Gasteiger partial charge on any atom is 0.262 e. The second-order valence-electron chi connectivity index (χ2n) is 5.37. The van der Waals surface area contributed by atoms with Gasteiger partial charge in [0.1, 0.15) is 5.75 Å². The SMILES string of the molecule is Cc1cc(S(N)(=O)=O)cc(NC(=O)COc2ccc(Br)cc2Br)c1C. The quantitative estimate of drug-likeness (QED) is 0.668. The molecule has 3 N–H and O–H groups in total. The third-order valence-corrected chi connectivity index (χ3v) is 5.50. The van der Waals surface area contributed by atoms with Gasteiger partial charge in [0, 0.05) is 10.2 Å². The van der Waals surface area contributed by atoms with Crippen molar-refractivity contribution in [3.05, 3.63) is 50.4 Å². The van der Waals surface area contributed by atoms with E-state index in [0.29, 0.717) is 21.5 Å². The van der Waals surface area contributed by atoms with Crippen LogP contribution in [0.1, 0.15) is 11.1 Å². The highest BCUT2D eigenvalue weighted by Gasteiger charge is 2.14.